The smallest absolute Gasteiger partial charge is 0.298 e. The Bertz CT molecular complexity index is 699. The maximum atomic E-state index is 12.1. The van der Waals surface area contributed by atoms with Crippen molar-refractivity contribution in [1.82, 2.24) is 9.13 Å². The molecule has 0 saturated heterocycles. The topological polar surface area (TPSA) is 61.1 Å². The van der Waals surface area contributed by atoms with E-state index in [1.165, 1.54) is 23.8 Å². The van der Waals surface area contributed by atoms with E-state index in [2.05, 4.69) is 0 Å². The van der Waals surface area contributed by atoms with Crippen LogP contribution in [0, 0.1) is 0 Å². The van der Waals surface area contributed by atoms with E-state index < -0.39 is 5.69 Å². The molecule has 2 aromatic rings. The first-order valence-electron chi connectivity index (χ1n) is 5.91. The molecule has 1 aromatic heterocycles. The van der Waals surface area contributed by atoms with Gasteiger partial charge in [-0.15, -0.1) is 0 Å². The normalized spacial score (nSPS) is 10.4. The molecular weight excluding hydrogens is 244 g/mol. The first-order valence-corrected chi connectivity index (χ1v) is 5.91. The van der Waals surface area contributed by atoms with Crippen molar-refractivity contribution < 1.29 is 4.79 Å². The number of carbonyl (C=O) groups excluding carboxylic acids is 1. The number of aromatic nitrogens is 2. The number of rotatable bonds is 4. The van der Waals surface area contributed by atoms with Crippen molar-refractivity contribution in [1.29, 1.82) is 0 Å². The van der Waals surface area contributed by atoms with Gasteiger partial charge in [0, 0.05) is 12.3 Å². The maximum absolute atomic E-state index is 12.1. The van der Waals surface area contributed by atoms with Gasteiger partial charge in [0.15, 0.2) is 0 Å². The van der Waals surface area contributed by atoms with Gasteiger partial charge in [0.05, 0.1) is 13.1 Å². The summed E-state index contributed by atoms with van der Waals surface area (Å²) in [6.07, 6.45) is 1.35. The van der Waals surface area contributed by atoms with Crippen LogP contribution in [-0.2, 0) is 17.9 Å². The highest BCUT2D eigenvalue weighted by molar-refractivity contribution is 5.75. The predicted molar refractivity (Wildman–Crippen MR) is 71.2 cm³/mol. The molecule has 98 valence electrons. The Morgan fingerprint density at radius 1 is 1.11 bits per heavy atom. The first kappa shape index (κ1) is 13.0. The minimum absolute atomic E-state index is 0.0199. The van der Waals surface area contributed by atoms with Gasteiger partial charge in [-0.25, -0.2) is 4.79 Å². The van der Waals surface area contributed by atoms with Crippen LogP contribution in [0.25, 0.3) is 0 Å². The second-order valence-electron chi connectivity index (χ2n) is 4.34. The Hall–Kier alpha value is -2.43. The number of hydrogen-bond acceptors (Lipinski definition) is 3. The third kappa shape index (κ3) is 3.07. The highest BCUT2D eigenvalue weighted by atomic mass is 16.2. The highest BCUT2D eigenvalue weighted by Crippen LogP contribution is 1.98. The average molecular weight is 258 g/mol. The van der Waals surface area contributed by atoms with Crippen molar-refractivity contribution >= 4 is 5.78 Å². The lowest BCUT2D eigenvalue weighted by Gasteiger charge is -2.08. The third-order valence-corrected chi connectivity index (χ3v) is 2.72. The zero-order chi connectivity index (χ0) is 13.8. The van der Waals surface area contributed by atoms with E-state index in [9.17, 15) is 14.4 Å². The molecule has 0 bridgehead atoms. The van der Waals surface area contributed by atoms with Crippen molar-refractivity contribution in [2.75, 3.05) is 0 Å². The lowest BCUT2D eigenvalue weighted by molar-refractivity contribution is -0.117. The Labute approximate surface area is 109 Å². The Morgan fingerprint density at radius 3 is 2.42 bits per heavy atom. The van der Waals surface area contributed by atoms with E-state index in [0.717, 1.165) is 10.1 Å². The highest BCUT2D eigenvalue weighted by Gasteiger charge is 2.07. The fraction of sp³-hybridized carbons (Fsp3) is 0.214. The number of ketones is 1. The summed E-state index contributed by atoms with van der Waals surface area (Å²) in [4.78, 5) is 34.9. The Kier molecular flexibility index (Phi) is 3.75. The second-order valence-corrected chi connectivity index (χ2v) is 4.34. The second kappa shape index (κ2) is 5.48. The SMILES string of the molecule is CC(=O)Cn1ccc(=O)n(Cc2ccccc2)c1=O. The van der Waals surface area contributed by atoms with Crippen LogP contribution >= 0.6 is 0 Å². The summed E-state index contributed by atoms with van der Waals surface area (Å²) < 4.78 is 2.37. The van der Waals surface area contributed by atoms with Crippen LogP contribution in [0.2, 0.25) is 0 Å². The van der Waals surface area contributed by atoms with E-state index in [-0.39, 0.29) is 24.4 Å². The molecule has 0 radical (unpaired) electrons. The standard InChI is InChI=1S/C14H14N2O3/c1-11(17)9-15-8-7-13(18)16(14(15)19)10-12-5-3-2-4-6-12/h2-8H,9-10H2,1H3. The largest absolute Gasteiger partial charge is 0.331 e. The summed E-state index contributed by atoms with van der Waals surface area (Å²) in [6.45, 7) is 1.59. The molecule has 0 aliphatic carbocycles. The molecule has 19 heavy (non-hydrogen) atoms. The quantitative estimate of drug-likeness (QED) is 0.809. The van der Waals surface area contributed by atoms with Crippen LogP contribution in [0.3, 0.4) is 0 Å². The van der Waals surface area contributed by atoms with Crippen LogP contribution in [-0.4, -0.2) is 14.9 Å². The monoisotopic (exact) mass is 258 g/mol. The zero-order valence-corrected chi connectivity index (χ0v) is 10.6. The summed E-state index contributed by atoms with van der Waals surface area (Å²) in [6, 6.07) is 10.5. The summed E-state index contributed by atoms with van der Waals surface area (Å²) in [5.74, 6) is -0.132. The van der Waals surface area contributed by atoms with Gasteiger partial charge in [0.25, 0.3) is 5.56 Å². The molecule has 0 aliphatic rings. The average Bonchev–Trinajstić information content (AvgIpc) is 2.39. The summed E-state index contributed by atoms with van der Waals surface area (Å²) >= 11 is 0. The van der Waals surface area contributed by atoms with Gasteiger partial charge in [-0.05, 0) is 12.5 Å². The van der Waals surface area contributed by atoms with Crippen molar-refractivity contribution in [3.63, 3.8) is 0 Å². The molecule has 1 aromatic carbocycles. The molecular formula is C14H14N2O3. The van der Waals surface area contributed by atoms with Crippen LogP contribution in [0.1, 0.15) is 12.5 Å². The van der Waals surface area contributed by atoms with Gasteiger partial charge in [0.2, 0.25) is 0 Å². The molecule has 0 spiro atoms. The van der Waals surface area contributed by atoms with Gasteiger partial charge < -0.3 is 0 Å². The molecule has 0 aliphatic heterocycles. The molecule has 5 heteroatoms. The number of nitrogens with zero attached hydrogens (tertiary/aromatic N) is 2. The van der Waals surface area contributed by atoms with Gasteiger partial charge in [-0.1, -0.05) is 30.3 Å². The number of Topliss-reactive ketones (excluding diaryl/α,β-unsaturated/α-hetero) is 1. The van der Waals surface area contributed by atoms with E-state index in [1.54, 1.807) is 0 Å². The molecule has 1 heterocycles. The van der Waals surface area contributed by atoms with Crippen LogP contribution < -0.4 is 11.2 Å². The lowest BCUT2D eigenvalue weighted by atomic mass is 10.2. The number of benzene rings is 1. The van der Waals surface area contributed by atoms with E-state index in [4.69, 9.17) is 0 Å². The third-order valence-electron chi connectivity index (χ3n) is 2.72. The van der Waals surface area contributed by atoms with E-state index in [1.807, 2.05) is 30.3 Å². The van der Waals surface area contributed by atoms with Gasteiger partial charge in [-0.2, -0.15) is 0 Å². The molecule has 0 fully saturated rings. The number of hydrogen-bond donors (Lipinski definition) is 0. The van der Waals surface area contributed by atoms with Crippen LogP contribution in [0.4, 0.5) is 0 Å². The van der Waals surface area contributed by atoms with Crippen molar-refractivity contribution in [2.24, 2.45) is 0 Å². The minimum Gasteiger partial charge on any atom is -0.298 e. The summed E-state index contributed by atoms with van der Waals surface area (Å²) in [7, 11) is 0. The van der Waals surface area contributed by atoms with Crippen molar-refractivity contribution in [2.45, 2.75) is 20.0 Å². The fourth-order valence-corrected chi connectivity index (χ4v) is 1.83. The molecule has 0 amide bonds. The predicted octanol–water partition coefficient (Wildman–Crippen LogP) is 0.647. The van der Waals surface area contributed by atoms with Crippen molar-refractivity contribution in [3.05, 3.63) is 69.0 Å². The van der Waals surface area contributed by atoms with Crippen LogP contribution in [0.15, 0.2) is 52.2 Å². The molecule has 0 N–H and O–H groups in total. The molecule has 0 unspecified atom stereocenters. The number of carbonyl (C=O) groups is 1. The van der Waals surface area contributed by atoms with Crippen LogP contribution in [0.5, 0.6) is 0 Å². The maximum Gasteiger partial charge on any atom is 0.331 e. The lowest BCUT2D eigenvalue weighted by Crippen LogP contribution is -2.40. The van der Waals surface area contributed by atoms with E-state index in [0.29, 0.717) is 0 Å². The minimum atomic E-state index is -0.466. The molecule has 5 nitrogen and oxygen atoms in total. The van der Waals surface area contributed by atoms with Crippen molar-refractivity contribution in [3.8, 4) is 0 Å². The van der Waals surface area contributed by atoms with Gasteiger partial charge in [0.1, 0.15) is 5.78 Å². The Balaban J connectivity index is 2.42. The first-order chi connectivity index (χ1) is 9.08. The summed E-state index contributed by atoms with van der Waals surface area (Å²) in [5, 5.41) is 0. The molecule has 0 atom stereocenters. The Morgan fingerprint density at radius 2 is 1.79 bits per heavy atom. The molecule has 0 saturated carbocycles. The van der Waals surface area contributed by atoms with Gasteiger partial charge in [-0.3, -0.25) is 18.7 Å². The van der Waals surface area contributed by atoms with E-state index >= 15 is 0 Å². The molecule has 2 rings (SSSR count). The summed E-state index contributed by atoms with van der Waals surface area (Å²) in [5.41, 5.74) is 0.0301. The fourth-order valence-electron chi connectivity index (χ4n) is 1.83. The zero-order valence-electron chi connectivity index (χ0n) is 10.6. The van der Waals surface area contributed by atoms with Gasteiger partial charge >= 0.3 is 5.69 Å².